The molecule has 27 heavy (non-hydrogen) atoms. The van der Waals surface area contributed by atoms with Gasteiger partial charge < -0.3 is 20.1 Å². The van der Waals surface area contributed by atoms with Gasteiger partial charge in [-0.1, -0.05) is 23.7 Å². The number of esters is 1. The van der Waals surface area contributed by atoms with Gasteiger partial charge in [0, 0.05) is 25.6 Å². The lowest BCUT2D eigenvalue weighted by Crippen LogP contribution is -2.42. The zero-order valence-corrected chi connectivity index (χ0v) is 15.8. The number of ether oxygens (including phenoxy) is 2. The Balaban J connectivity index is 2.49. The lowest BCUT2D eigenvalue weighted by Gasteiger charge is -2.17. The molecule has 0 aliphatic rings. The Labute approximate surface area is 161 Å². The van der Waals surface area contributed by atoms with Crippen molar-refractivity contribution in [1.29, 1.82) is 0 Å². The smallest absolute Gasteiger partial charge is 0.321 e. The van der Waals surface area contributed by atoms with Crippen molar-refractivity contribution in [1.82, 2.24) is 16.0 Å². The highest BCUT2D eigenvalue weighted by Gasteiger charge is 2.19. The van der Waals surface area contributed by atoms with Crippen LogP contribution < -0.4 is 16.0 Å². The molecule has 1 unspecified atom stereocenters. The summed E-state index contributed by atoms with van der Waals surface area (Å²) < 4.78 is 9.60. The highest BCUT2D eigenvalue weighted by molar-refractivity contribution is 6.30. The highest BCUT2D eigenvalue weighted by Crippen LogP contribution is 2.20. The van der Waals surface area contributed by atoms with Crippen LogP contribution in [0.5, 0.6) is 0 Å². The summed E-state index contributed by atoms with van der Waals surface area (Å²) in [6, 6.07) is 5.26. The molecule has 0 radical (unpaired) electrons. The highest BCUT2D eigenvalue weighted by atomic mass is 35.5. The summed E-state index contributed by atoms with van der Waals surface area (Å²) in [4.78, 5) is 46.3. The summed E-state index contributed by atoms with van der Waals surface area (Å²) in [5, 5.41) is 7.55. The van der Waals surface area contributed by atoms with E-state index in [1.54, 1.807) is 24.3 Å². The van der Waals surface area contributed by atoms with Gasteiger partial charge >= 0.3 is 12.0 Å². The van der Waals surface area contributed by atoms with Crippen molar-refractivity contribution in [3.8, 4) is 0 Å². The van der Waals surface area contributed by atoms with Crippen molar-refractivity contribution in [2.45, 2.75) is 19.4 Å². The zero-order chi connectivity index (χ0) is 20.2. The molecule has 1 rings (SSSR count). The fraction of sp³-hybridized carbons (Fsp3) is 0.412. The lowest BCUT2D eigenvalue weighted by molar-refractivity contribution is -0.148. The van der Waals surface area contributed by atoms with E-state index in [-0.39, 0.29) is 18.9 Å². The number of methoxy groups -OCH3 is 1. The normalized spacial score (nSPS) is 11.2. The van der Waals surface area contributed by atoms with E-state index in [0.29, 0.717) is 17.2 Å². The van der Waals surface area contributed by atoms with Crippen LogP contribution in [0.2, 0.25) is 5.02 Å². The molecule has 10 heteroatoms. The van der Waals surface area contributed by atoms with E-state index < -0.39 is 30.6 Å². The van der Waals surface area contributed by atoms with E-state index in [1.807, 2.05) is 5.32 Å². The van der Waals surface area contributed by atoms with Crippen molar-refractivity contribution in [3.05, 3.63) is 34.9 Å². The van der Waals surface area contributed by atoms with Crippen LogP contribution in [0.15, 0.2) is 24.3 Å². The monoisotopic (exact) mass is 399 g/mol. The SMILES string of the molecule is COCCNC(=O)NC(=O)COC(=O)CC(NC(C)=O)c1ccc(Cl)cc1. The Morgan fingerprint density at radius 3 is 2.41 bits per heavy atom. The average molecular weight is 400 g/mol. The van der Waals surface area contributed by atoms with Crippen molar-refractivity contribution >= 4 is 35.4 Å². The van der Waals surface area contributed by atoms with E-state index in [1.165, 1.54) is 14.0 Å². The Kier molecular flexibility index (Phi) is 9.84. The predicted octanol–water partition coefficient (Wildman–Crippen LogP) is 0.923. The summed E-state index contributed by atoms with van der Waals surface area (Å²) in [5.41, 5.74) is 0.661. The molecule has 148 valence electrons. The Morgan fingerprint density at radius 1 is 1.15 bits per heavy atom. The van der Waals surface area contributed by atoms with E-state index in [4.69, 9.17) is 21.1 Å². The zero-order valence-electron chi connectivity index (χ0n) is 15.0. The number of carbonyl (C=O) groups excluding carboxylic acids is 4. The maximum absolute atomic E-state index is 12.0. The van der Waals surface area contributed by atoms with Gasteiger partial charge in [0.25, 0.3) is 5.91 Å². The fourth-order valence-electron chi connectivity index (χ4n) is 2.04. The molecule has 0 fully saturated rings. The number of nitrogens with one attached hydrogen (secondary N) is 3. The van der Waals surface area contributed by atoms with Crippen molar-refractivity contribution in [2.24, 2.45) is 0 Å². The number of halogens is 1. The topological polar surface area (TPSA) is 123 Å². The van der Waals surface area contributed by atoms with Crippen LogP contribution in [-0.2, 0) is 23.9 Å². The molecule has 3 N–H and O–H groups in total. The number of imide groups is 1. The van der Waals surface area contributed by atoms with Gasteiger partial charge in [0.1, 0.15) is 0 Å². The number of amides is 4. The number of carbonyl (C=O) groups is 4. The van der Waals surface area contributed by atoms with Crippen LogP contribution in [0.25, 0.3) is 0 Å². The molecule has 0 bridgehead atoms. The van der Waals surface area contributed by atoms with Gasteiger partial charge in [-0.2, -0.15) is 0 Å². The molecule has 9 nitrogen and oxygen atoms in total. The maximum atomic E-state index is 12.0. The first kappa shape index (κ1) is 22.4. The summed E-state index contributed by atoms with van der Waals surface area (Å²) in [6.45, 7) is 1.23. The Hall–Kier alpha value is -2.65. The number of benzene rings is 1. The third-order valence-electron chi connectivity index (χ3n) is 3.23. The van der Waals surface area contributed by atoms with Crippen LogP contribution in [0.3, 0.4) is 0 Å². The molecule has 1 aromatic rings. The molecular weight excluding hydrogens is 378 g/mol. The summed E-state index contributed by atoms with van der Waals surface area (Å²) in [7, 11) is 1.47. The van der Waals surface area contributed by atoms with Crippen LogP contribution >= 0.6 is 11.6 Å². The second-order valence-corrected chi connectivity index (χ2v) is 5.90. The van der Waals surface area contributed by atoms with Crippen molar-refractivity contribution in [2.75, 3.05) is 26.9 Å². The predicted molar refractivity (Wildman–Crippen MR) is 97.0 cm³/mol. The lowest BCUT2D eigenvalue weighted by atomic mass is 10.0. The average Bonchev–Trinajstić information content (AvgIpc) is 2.60. The molecule has 0 aliphatic heterocycles. The quantitative estimate of drug-likeness (QED) is 0.419. The Bertz CT molecular complexity index is 665. The van der Waals surface area contributed by atoms with Crippen LogP contribution in [0.1, 0.15) is 24.9 Å². The second-order valence-electron chi connectivity index (χ2n) is 5.47. The first-order valence-electron chi connectivity index (χ1n) is 8.06. The third-order valence-corrected chi connectivity index (χ3v) is 3.48. The molecule has 0 spiro atoms. The largest absolute Gasteiger partial charge is 0.455 e. The summed E-state index contributed by atoms with van der Waals surface area (Å²) in [6.07, 6.45) is -0.186. The standard InChI is InChI=1S/C17H22ClN3O6/c1-11(22)20-14(12-3-5-13(18)6-4-12)9-16(24)27-10-15(23)21-17(25)19-7-8-26-2/h3-6,14H,7-10H2,1-2H3,(H,20,22)(H2,19,21,23,25). The van der Waals surface area contributed by atoms with Gasteiger partial charge in [0.2, 0.25) is 5.91 Å². The molecule has 1 atom stereocenters. The number of rotatable bonds is 9. The van der Waals surface area contributed by atoms with Crippen LogP contribution in [-0.4, -0.2) is 50.7 Å². The Morgan fingerprint density at radius 2 is 1.81 bits per heavy atom. The van der Waals surface area contributed by atoms with Crippen LogP contribution in [0.4, 0.5) is 4.79 Å². The minimum absolute atomic E-state index is 0.186. The summed E-state index contributed by atoms with van der Waals surface area (Å²) >= 11 is 5.83. The van der Waals surface area contributed by atoms with Gasteiger partial charge in [-0.3, -0.25) is 19.7 Å². The van der Waals surface area contributed by atoms with Crippen molar-refractivity contribution in [3.63, 3.8) is 0 Å². The summed E-state index contributed by atoms with van der Waals surface area (Å²) in [5.74, 6) is -1.81. The van der Waals surface area contributed by atoms with Crippen molar-refractivity contribution < 1.29 is 28.7 Å². The molecule has 0 aliphatic carbocycles. The molecule has 1 aromatic carbocycles. The molecule has 0 heterocycles. The molecular formula is C17H22ClN3O6. The van der Waals surface area contributed by atoms with E-state index >= 15 is 0 Å². The first-order valence-corrected chi connectivity index (χ1v) is 8.44. The van der Waals surface area contributed by atoms with Gasteiger partial charge in [0.05, 0.1) is 19.1 Å². The fourth-order valence-corrected chi connectivity index (χ4v) is 2.16. The van der Waals surface area contributed by atoms with E-state index in [9.17, 15) is 19.2 Å². The molecule has 0 saturated heterocycles. The number of hydrogen-bond acceptors (Lipinski definition) is 6. The maximum Gasteiger partial charge on any atom is 0.321 e. The molecule has 0 aromatic heterocycles. The second kappa shape index (κ2) is 11.9. The van der Waals surface area contributed by atoms with E-state index in [0.717, 1.165) is 0 Å². The minimum atomic E-state index is -0.777. The van der Waals surface area contributed by atoms with Gasteiger partial charge in [0.15, 0.2) is 6.61 Å². The third kappa shape index (κ3) is 9.57. The van der Waals surface area contributed by atoms with Gasteiger partial charge in [-0.15, -0.1) is 0 Å². The molecule has 0 saturated carbocycles. The van der Waals surface area contributed by atoms with Gasteiger partial charge in [-0.25, -0.2) is 4.79 Å². The minimum Gasteiger partial charge on any atom is -0.455 e. The van der Waals surface area contributed by atoms with Gasteiger partial charge in [-0.05, 0) is 17.7 Å². The number of hydrogen-bond donors (Lipinski definition) is 3. The van der Waals surface area contributed by atoms with Crippen LogP contribution in [0, 0.1) is 0 Å². The van der Waals surface area contributed by atoms with E-state index in [2.05, 4.69) is 10.6 Å². The number of urea groups is 1. The molecule has 4 amide bonds. The first-order chi connectivity index (χ1) is 12.8.